The number of hydrazone groups is 1. The van der Waals surface area contributed by atoms with E-state index in [4.69, 9.17) is 0 Å². The number of benzene rings is 1. The zero-order valence-corrected chi connectivity index (χ0v) is 8.65. The lowest BCUT2D eigenvalue weighted by atomic mass is 10.1. The molecule has 1 N–H and O–H groups in total. The highest BCUT2D eigenvalue weighted by Crippen LogP contribution is 2.00. The van der Waals surface area contributed by atoms with E-state index in [1.807, 2.05) is 6.07 Å². The van der Waals surface area contributed by atoms with Crippen LogP contribution < -0.4 is 5.43 Å². The molecule has 0 aliphatic heterocycles. The lowest BCUT2D eigenvalue weighted by molar-refractivity contribution is -0.118. The topological polar surface area (TPSA) is 58.5 Å². The van der Waals surface area contributed by atoms with Gasteiger partial charge >= 0.3 is 0 Å². The van der Waals surface area contributed by atoms with Crippen LogP contribution in [0.5, 0.6) is 0 Å². The maximum absolute atomic E-state index is 11.7. The van der Waals surface area contributed by atoms with Crippen molar-refractivity contribution >= 4 is 17.4 Å². The standard InChI is InChI=1S/C11H12N2O2/c1-8(12-13-9(2)14)11(15)10-6-4-3-5-7-10/h3-7H,1-2H3,(H,13,14)/b12-8-. The molecule has 1 amide bonds. The maximum Gasteiger partial charge on any atom is 0.236 e. The molecule has 0 radical (unpaired) electrons. The summed E-state index contributed by atoms with van der Waals surface area (Å²) in [6, 6.07) is 8.79. The molecule has 0 unspecified atom stereocenters. The van der Waals surface area contributed by atoms with E-state index in [1.54, 1.807) is 31.2 Å². The van der Waals surface area contributed by atoms with Gasteiger partial charge in [-0.15, -0.1) is 0 Å². The third-order valence-corrected chi connectivity index (χ3v) is 1.75. The van der Waals surface area contributed by atoms with E-state index >= 15 is 0 Å². The zero-order valence-electron chi connectivity index (χ0n) is 8.65. The number of Topliss-reactive ketones (excluding diaryl/α,β-unsaturated/α-hetero) is 1. The first-order chi connectivity index (χ1) is 7.11. The van der Waals surface area contributed by atoms with Crippen LogP contribution in [0.15, 0.2) is 35.4 Å². The molecule has 0 aromatic heterocycles. The first-order valence-corrected chi connectivity index (χ1v) is 4.52. The predicted molar refractivity (Wildman–Crippen MR) is 57.7 cm³/mol. The van der Waals surface area contributed by atoms with Crippen LogP contribution in [0, 0.1) is 0 Å². The normalized spacial score (nSPS) is 10.9. The number of hydrogen-bond donors (Lipinski definition) is 1. The van der Waals surface area contributed by atoms with Gasteiger partial charge in [0, 0.05) is 12.5 Å². The summed E-state index contributed by atoms with van der Waals surface area (Å²) in [6.45, 7) is 2.90. The molecule has 0 aliphatic rings. The van der Waals surface area contributed by atoms with E-state index < -0.39 is 0 Å². The van der Waals surface area contributed by atoms with Crippen molar-refractivity contribution in [3.8, 4) is 0 Å². The Morgan fingerprint density at radius 3 is 2.27 bits per heavy atom. The Hall–Kier alpha value is -1.97. The molecule has 1 aromatic rings. The molecule has 0 spiro atoms. The van der Waals surface area contributed by atoms with Crippen LogP contribution in [0.2, 0.25) is 0 Å². The highest BCUT2D eigenvalue weighted by molar-refractivity contribution is 6.45. The Labute approximate surface area is 88.0 Å². The summed E-state index contributed by atoms with van der Waals surface area (Å²) in [6.07, 6.45) is 0. The lowest BCUT2D eigenvalue weighted by Crippen LogP contribution is -2.19. The second-order valence-corrected chi connectivity index (χ2v) is 3.06. The third kappa shape index (κ3) is 3.34. The summed E-state index contributed by atoms with van der Waals surface area (Å²) in [5.41, 5.74) is 3.04. The van der Waals surface area contributed by atoms with Crippen LogP contribution in [0.25, 0.3) is 0 Å². The number of carbonyl (C=O) groups excluding carboxylic acids is 2. The zero-order chi connectivity index (χ0) is 11.3. The molecule has 4 heteroatoms. The molecule has 0 saturated carbocycles. The number of nitrogens with one attached hydrogen (secondary N) is 1. The highest BCUT2D eigenvalue weighted by atomic mass is 16.2. The number of nitrogens with zero attached hydrogens (tertiary/aromatic N) is 1. The van der Waals surface area contributed by atoms with Crippen molar-refractivity contribution in [2.75, 3.05) is 0 Å². The molecule has 0 fully saturated rings. The summed E-state index contributed by atoms with van der Waals surface area (Å²) in [5, 5.41) is 3.67. The molecular formula is C11H12N2O2. The van der Waals surface area contributed by atoms with Gasteiger partial charge in [-0.25, -0.2) is 5.43 Å². The van der Waals surface area contributed by atoms with Crippen molar-refractivity contribution in [3.63, 3.8) is 0 Å². The van der Waals surface area contributed by atoms with Crippen molar-refractivity contribution in [1.82, 2.24) is 5.43 Å². The van der Waals surface area contributed by atoms with Crippen molar-refractivity contribution in [1.29, 1.82) is 0 Å². The quantitative estimate of drug-likeness (QED) is 0.459. The molecule has 1 rings (SSSR count). The molecule has 78 valence electrons. The molecule has 4 nitrogen and oxygen atoms in total. The fraction of sp³-hybridized carbons (Fsp3) is 0.182. The minimum atomic E-state index is -0.296. The molecule has 0 aliphatic carbocycles. The van der Waals surface area contributed by atoms with Gasteiger partial charge in [0.25, 0.3) is 0 Å². The van der Waals surface area contributed by atoms with Gasteiger partial charge in [-0.05, 0) is 6.92 Å². The number of rotatable bonds is 3. The second kappa shape index (κ2) is 5.05. The summed E-state index contributed by atoms with van der Waals surface area (Å²) in [7, 11) is 0. The van der Waals surface area contributed by atoms with Gasteiger partial charge in [-0.2, -0.15) is 5.10 Å². The molecule has 0 atom stereocenters. The maximum atomic E-state index is 11.7. The summed E-state index contributed by atoms with van der Waals surface area (Å²) in [4.78, 5) is 22.3. The fourth-order valence-corrected chi connectivity index (χ4v) is 1.01. The number of carbonyl (C=O) groups is 2. The van der Waals surface area contributed by atoms with Crippen LogP contribution in [0.1, 0.15) is 24.2 Å². The third-order valence-electron chi connectivity index (χ3n) is 1.75. The van der Waals surface area contributed by atoms with Crippen LogP contribution in [0.4, 0.5) is 0 Å². The van der Waals surface area contributed by atoms with Crippen molar-refractivity contribution < 1.29 is 9.59 Å². The minimum Gasteiger partial charge on any atom is -0.287 e. The Kier molecular flexibility index (Phi) is 3.74. The second-order valence-electron chi connectivity index (χ2n) is 3.06. The van der Waals surface area contributed by atoms with Gasteiger partial charge in [0.15, 0.2) is 0 Å². The Morgan fingerprint density at radius 2 is 1.73 bits per heavy atom. The van der Waals surface area contributed by atoms with Crippen LogP contribution in [-0.4, -0.2) is 17.4 Å². The average molecular weight is 204 g/mol. The molecule has 15 heavy (non-hydrogen) atoms. The van der Waals surface area contributed by atoms with E-state index in [-0.39, 0.29) is 17.4 Å². The Balaban J connectivity index is 2.77. The predicted octanol–water partition coefficient (Wildman–Crippen LogP) is 1.38. The van der Waals surface area contributed by atoms with Crippen molar-refractivity contribution in [2.24, 2.45) is 5.10 Å². The summed E-state index contributed by atoms with van der Waals surface area (Å²) in [5.74, 6) is -0.487. The lowest BCUT2D eigenvalue weighted by Gasteiger charge is -1.99. The van der Waals surface area contributed by atoms with Crippen LogP contribution in [0.3, 0.4) is 0 Å². The smallest absolute Gasteiger partial charge is 0.236 e. The van der Waals surface area contributed by atoms with Gasteiger partial charge in [0.1, 0.15) is 5.71 Å². The molecule has 1 aromatic carbocycles. The SMILES string of the molecule is CC(=O)N/N=C(/C)C(=O)c1ccccc1. The molecule has 0 heterocycles. The molecule has 0 bridgehead atoms. The molecular weight excluding hydrogens is 192 g/mol. The van der Waals surface area contributed by atoms with Gasteiger partial charge in [0.2, 0.25) is 11.7 Å². The molecule has 0 saturated heterocycles. The van der Waals surface area contributed by atoms with Gasteiger partial charge in [-0.1, -0.05) is 30.3 Å². The first-order valence-electron chi connectivity index (χ1n) is 4.52. The minimum absolute atomic E-state index is 0.190. The largest absolute Gasteiger partial charge is 0.287 e. The van der Waals surface area contributed by atoms with E-state index in [0.717, 1.165) is 0 Å². The van der Waals surface area contributed by atoms with E-state index in [2.05, 4.69) is 10.5 Å². The average Bonchev–Trinajstić information content (AvgIpc) is 2.26. The van der Waals surface area contributed by atoms with E-state index in [1.165, 1.54) is 6.92 Å². The number of ketones is 1. The van der Waals surface area contributed by atoms with E-state index in [9.17, 15) is 9.59 Å². The Morgan fingerprint density at radius 1 is 1.13 bits per heavy atom. The summed E-state index contributed by atoms with van der Waals surface area (Å²) >= 11 is 0. The van der Waals surface area contributed by atoms with Crippen LogP contribution in [-0.2, 0) is 4.79 Å². The van der Waals surface area contributed by atoms with Gasteiger partial charge < -0.3 is 0 Å². The fourth-order valence-electron chi connectivity index (χ4n) is 1.01. The van der Waals surface area contributed by atoms with Gasteiger partial charge in [0.05, 0.1) is 0 Å². The monoisotopic (exact) mass is 204 g/mol. The number of amides is 1. The van der Waals surface area contributed by atoms with E-state index in [0.29, 0.717) is 5.56 Å². The van der Waals surface area contributed by atoms with Crippen LogP contribution >= 0.6 is 0 Å². The Bertz CT molecular complexity index is 396. The highest BCUT2D eigenvalue weighted by Gasteiger charge is 2.08. The van der Waals surface area contributed by atoms with Crippen molar-refractivity contribution in [2.45, 2.75) is 13.8 Å². The summed E-state index contributed by atoms with van der Waals surface area (Å²) < 4.78 is 0. The van der Waals surface area contributed by atoms with Crippen molar-refractivity contribution in [3.05, 3.63) is 35.9 Å². The first kappa shape index (κ1) is 11.1. The number of hydrogen-bond acceptors (Lipinski definition) is 3. The van der Waals surface area contributed by atoms with Gasteiger partial charge in [-0.3, -0.25) is 9.59 Å².